The van der Waals surface area contributed by atoms with E-state index in [4.69, 9.17) is 5.11 Å². The molecule has 1 amide bonds. The number of aliphatic hydroxyl groups excluding tert-OH is 1. The number of carbonyl (C=O) groups excluding carboxylic acids is 1. The second-order valence-corrected chi connectivity index (χ2v) is 5.05. The second-order valence-electron chi connectivity index (χ2n) is 4.17. The van der Waals surface area contributed by atoms with Gasteiger partial charge in [-0.15, -0.1) is 0 Å². The number of hydrogen-bond acceptors (Lipinski definition) is 6. The van der Waals surface area contributed by atoms with Gasteiger partial charge in [-0.1, -0.05) is 0 Å². The van der Waals surface area contributed by atoms with Gasteiger partial charge >= 0.3 is 5.97 Å². The summed E-state index contributed by atoms with van der Waals surface area (Å²) in [4.78, 5) is 27.3. The lowest BCUT2D eigenvalue weighted by atomic mass is 9.83. The summed E-state index contributed by atoms with van der Waals surface area (Å²) in [5, 5.41) is 22.1. The van der Waals surface area contributed by atoms with Gasteiger partial charge in [0.2, 0.25) is 5.91 Å². The summed E-state index contributed by atoms with van der Waals surface area (Å²) in [6, 6.07) is -0.266. The normalized spacial score (nSPS) is 27.7. The minimum Gasteiger partial charge on any atom is -0.477 e. The highest BCUT2D eigenvalue weighted by atomic mass is 32.2. The number of nitrogens with one attached hydrogen (secondary N) is 1. The summed E-state index contributed by atoms with van der Waals surface area (Å²) >= 11 is 1.03. The monoisotopic (exact) mass is 271 g/mol. The van der Waals surface area contributed by atoms with Gasteiger partial charge in [0, 0.05) is 30.0 Å². The van der Waals surface area contributed by atoms with Crippen molar-refractivity contribution >= 4 is 30.5 Å². The van der Waals surface area contributed by atoms with Crippen molar-refractivity contribution in [3.05, 3.63) is 10.6 Å². The van der Waals surface area contributed by atoms with Crippen LogP contribution in [-0.2, 0) is 9.59 Å². The summed E-state index contributed by atoms with van der Waals surface area (Å²) in [5.41, 5.74) is -0.0250. The van der Waals surface area contributed by atoms with E-state index in [1.54, 1.807) is 0 Å². The lowest BCUT2D eigenvalue weighted by molar-refractivity contribution is -0.161. The van der Waals surface area contributed by atoms with Gasteiger partial charge in [-0.05, 0) is 6.92 Å². The summed E-state index contributed by atoms with van der Waals surface area (Å²) < 4.78 is 0. The molecule has 98 valence electrons. The van der Waals surface area contributed by atoms with E-state index >= 15 is 0 Å². The van der Waals surface area contributed by atoms with Gasteiger partial charge in [-0.2, -0.15) is 5.10 Å². The van der Waals surface area contributed by atoms with Crippen LogP contribution in [0.3, 0.4) is 0 Å². The molecule has 7 nitrogen and oxygen atoms in total. The number of rotatable bonds is 5. The predicted molar refractivity (Wildman–Crippen MR) is 65.4 cm³/mol. The van der Waals surface area contributed by atoms with E-state index in [9.17, 15) is 14.7 Å². The zero-order valence-electron chi connectivity index (χ0n) is 9.66. The topological polar surface area (TPSA) is 102 Å². The molecule has 2 aliphatic rings. The Hall–Kier alpha value is -1.54. The third kappa shape index (κ3) is 1.77. The van der Waals surface area contributed by atoms with Crippen molar-refractivity contribution in [1.29, 1.82) is 0 Å². The number of aliphatic hydroxyl groups is 1. The van der Waals surface area contributed by atoms with E-state index in [1.165, 1.54) is 11.8 Å². The largest absolute Gasteiger partial charge is 0.477 e. The maximum Gasteiger partial charge on any atom is 0.353 e. The Morgan fingerprint density at radius 3 is 2.89 bits per heavy atom. The van der Waals surface area contributed by atoms with E-state index in [-0.39, 0.29) is 17.6 Å². The zero-order valence-corrected chi connectivity index (χ0v) is 10.5. The molecule has 0 radical (unpaired) electrons. The number of nitrogens with zero attached hydrogens (tertiary/aromatic N) is 2. The number of carbonyl (C=O) groups is 2. The molecule has 18 heavy (non-hydrogen) atoms. The fourth-order valence-corrected chi connectivity index (χ4v) is 3.12. The molecule has 0 spiro atoms. The maximum atomic E-state index is 11.8. The van der Waals surface area contributed by atoms with Crippen LogP contribution >= 0.6 is 11.9 Å². The fourth-order valence-electron chi connectivity index (χ4n) is 2.41. The number of carboxylic acids is 1. The van der Waals surface area contributed by atoms with Gasteiger partial charge in [0.25, 0.3) is 0 Å². The molecular formula is C10H13N3O4S. The molecule has 2 rings (SSSR count). The van der Waals surface area contributed by atoms with Gasteiger partial charge in [0.15, 0.2) is 0 Å². The summed E-state index contributed by atoms with van der Waals surface area (Å²) in [6.07, 6.45) is -0.362. The minimum atomic E-state index is -1.15. The van der Waals surface area contributed by atoms with Crippen LogP contribution in [0.1, 0.15) is 13.3 Å². The van der Waals surface area contributed by atoms with Crippen LogP contribution in [0.25, 0.3) is 0 Å². The zero-order chi connectivity index (χ0) is 13.4. The third-order valence-electron chi connectivity index (χ3n) is 3.12. The number of amides is 1. The molecular weight excluding hydrogens is 258 g/mol. The molecule has 0 aliphatic carbocycles. The first-order valence-corrected chi connectivity index (χ1v) is 6.15. The smallest absolute Gasteiger partial charge is 0.353 e. The Labute approximate surface area is 108 Å². The number of β-lactam (4-membered cyclic amide) rings is 1. The number of carboxylic acid groups (broad SMARTS) is 1. The van der Waals surface area contributed by atoms with Crippen LogP contribution in [0.15, 0.2) is 15.7 Å². The van der Waals surface area contributed by atoms with E-state index in [2.05, 4.69) is 16.7 Å². The number of hydrazone groups is 1. The molecule has 3 atom stereocenters. The fraction of sp³-hybridized carbons (Fsp3) is 0.500. The summed E-state index contributed by atoms with van der Waals surface area (Å²) in [6.45, 7) is 4.77. The van der Waals surface area contributed by atoms with Gasteiger partial charge in [-0.25, -0.2) is 9.63 Å². The molecule has 0 aromatic carbocycles. The molecule has 0 aromatic rings. The Bertz CT molecular complexity index is 448. The van der Waals surface area contributed by atoms with Crippen LogP contribution in [0.2, 0.25) is 0 Å². The van der Waals surface area contributed by atoms with Crippen LogP contribution < -0.4 is 4.83 Å². The molecule has 2 heterocycles. The minimum absolute atomic E-state index is 0.0250. The Balaban J connectivity index is 2.24. The molecule has 0 aromatic heterocycles. The molecule has 0 bridgehead atoms. The van der Waals surface area contributed by atoms with Crippen molar-refractivity contribution < 1.29 is 19.8 Å². The van der Waals surface area contributed by atoms with Crippen molar-refractivity contribution in [3.63, 3.8) is 0 Å². The number of hydrogen-bond donors (Lipinski definition) is 3. The second kappa shape index (κ2) is 4.62. The molecule has 8 heteroatoms. The summed E-state index contributed by atoms with van der Waals surface area (Å²) in [5.74, 6) is -2.01. The van der Waals surface area contributed by atoms with Gasteiger partial charge < -0.3 is 15.1 Å². The Morgan fingerprint density at radius 2 is 2.39 bits per heavy atom. The lowest BCUT2D eigenvalue weighted by Gasteiger charge is -2.44. The van der Waals surface area contributed by atoms with E-state index < -0.39 is 18.0 Å². The van der Waals surface area contributed by atoms with Crippen molar-refractivity contribution in [2.45, 2.75) is 25.5 Å². The Kier molecular flexibility index (Phi) is 3.31. The van der Waals surface area contributed by atoms with Crippen LogP contribution in [-0.4, -0.2) is 45.9 Å². The predicted octanol–water partition coefficient (Wildman–Crippen LogP) is -0.252. The van der Waals surface area contributed by atoms with E-state index in [0.717, 1.165) is 11.9 Å². The number of aliphatic carboxylic acids is 1. The first-order chi connectivity index (χ1) is 8.49. The van der Waals surface area contributed by atoms with E-state index in [1.807, 2.05) is 0 Å². The standard InChI is InChI=1S/C10H13N3O4S/c1-4(14)7-5-3-6(18-12-11-2)8(10(16)17)13(5)9(7)15/h4-5,7,12,14H,2-3H2,1H3,(H,16,17). The highest BCUT2D eigenvalue weighted by Crippen LogP contribution is 2.46. The average molecular weight is 271 g/mol. The first kappa shape index (κ1) is 12.9. The maximum absolute atomic E-state index is 11.8. The molecule has 3 unspecified atom stereocenters. The van der Waals surface area contributed by atoms with E-state index in [0.29, 0.717) is 11.3 Å². The highest BCUT2D eigenvalue weighted by molar-refractivity contribution is 8.01. The van der Waals surface area contributed by atoms with Crippen LogP contribution in [0.4, 0.5) is 0 Å². The van der Waals surface area contributed by atoms with Gasteiger partial charge in [0.1, 0.15) is 5.70 Å². The van der Waals surface area contributed by atoms with Gasteiger partial charge in [-0.3, -0.25) is 4.79 Å². The third-order valence-corrected chi connectivity index (χ3v) is 3.95. The van der Waals surface area contributed by atoms with Crippen LogP contribution in [0.5, 0.6) is 0 Å². The van der Waals surface area contributed by atoms with Crippen molar-refractivity contribution in [2.24, 2.45) is 11.0 Å². The SMILES string of the molecule is C=NNSC1=C(C(=O)O)N2C(=O)C(C(C)O)C2C1. The molecule has 1 fully saturated rings. The quantitative estimate of drug-likeness (QED) is 0.276. The molecule has 2 aliphatic heterocycles. The van der Waals surface area contributed by atoms with Crippen molar-refractivity contribution in [2.75, 3.05) is 0 Å². The molecule has 1 saturated heterocycles. The molecule has 3 N–H and O–H groups in total. The lowest BCUT2D eigenvalue weighted by Crippen LogP contribution is -2.61. The van der Waals surface area contributed by atoms with Gasteiger partial charge in [0.05, 0.1) is 18.1 Å². The highest BCUT2D eigenvalue weighted by Gasteiger charge is 2.56. The van der Waals surface area contributed by atoms with Crippen molar-refractivity contribution in [1.82, 2.24) is 9.73 Å². The summed E-state index contributed by atoms with van der Waals surface area (Å²) in [7, 11) is 0. The van der Waals surface area contributed by atoms with Crippen LogP contribution in [0, 0.1) is 5.92 Å². The molecule has 0 saturated carbocycles. The first-order valence-electron chi connectivity index (χ1n) is 5.34. The average Bonchev–Trinajstić information content (AvgIpc) is 2.60. The number of fused-ring (bicyclic) bond motifs is 1. The van der Waals surface area contributed by atoms with Crippen molar-refractivity contribution in [3.8, 4) is 0 Å². The Morgan fingerprint density at radius 1 is 1.72 bits per heavy atom.